The Balaban J connectivity index is 1.39. The highest BCUT2D eigenvalue weighted by molar-refractivity contribution is 7.15. The molecule has 0 aliphatic carbocycles. The van der Waals surface area contributed by atoms with Crippen molar-refractivity contribution in [2.75, 3.05) is 20.2 Å². The zero-order valence-corrected chi connectivity index (χ0v) is 17.5. The second kappa shape index (κ2) is 8.69. The molecule has 1 aliphatic rings. The van der Waals surface area contributed by atoms with Crippen molar-refractivity contribution >= 4 is 17.2 Å². The van der Waals surface area contributed by atoms with E-state index in [0.717, 1.165) is 58.5 Å². The van der Waals surface area contributed by atoms with Gasteiger partial charge in [-0.15, -0.1) is 11.3 Å². The highest BCUT2D eigenvalue weighted by Crippen LogP contribution is 2.36. The standard InChI is InChI=1S/C22H24N4O2S/c1-15-21(18-7-10-23-14-24-18)29-22(25-15)16-8-11-26(12-9-16)20(27)13-17-5-3-4-6-19(17)28-2/h3-7,10,14,16H,8-9,11-13H2,1-2H3. The van der Waals surface area contributed by atoms with E-state index in [-0.39, 0.29) is 5.91 Å². The molecule has 1 aliphatic heterocycles. The van der Waals surface area contributed by atoms with E-state index < -0.39 is 0 Å². The van der Waals surface area contributed by atoms with E-state index in [1.54, 1.807) is 31.0 Å². The van der Waals surface area contributed by atoms with Gasteiger partial charge in [0.1, 0.15) is 12.1 Å². The van der Waals surface area contributed by atoms with E-state index in [1.165, 1.54) is 0 Å². The number of hydrogen-bond donors (Lipinski definition) is 0. The first-order valence-corrected chi connectivity index (χ1v) is 10.6. The molecule has 1 fully saturated rings. The van der Waals surface area contributed by atoms with Crippen LogP contribution in [0.25, 0.3) is 10.6 Å². The lowest BCUT2D eigenvalue weighted by molar-refractivity contribution is -0.131. The average molecular weight is 409 g/mol. The average Bonchev–Trinajstić information content (AvgIpc) is 3.16. The minimum absolute atomic E-state index is 0.157. The molecule has 3 aromatic rings. The summed E-state index contributed by atoms with van der Waals surface area (Å²) in [6.07, 6.45) is 5.58. The lowest BCUT2D eigenvalue weighted by Crippen LogP contribution is -2.38. The third-order valence-electron chi connectivity index (χ3n) is 5.36. The molecule has 0 N–H and O–H groups in total. The minimum Gasteiger partial charge on any atom is -0.496 e. The molecule has 7 heteroatoms. The normalized spacial score (nSPS) is 14.8. The molecule has 0 unspecified atom stereocenters. The Hall–Kier alpha value is -2.80. The van der Waals surface area contributed by atoms with Gasteiger partial charge in [0.25, 0.3) is 0 Å². The van der Waals surface area contributed by atoms with E-state index in [2.05, 4.69) is 9.97 Å². The number of thiazole rings is 1. The first-order valence-electron chi connectivity index (χ1n) is 9.79. The Morgan fingerprint density at radius 2 is 2.03 bits per heavy atom. The van der Waals surface area contributed by atoms with Gasteiger partial charge >= 0.3 is 0 Å². The fourth-order valence-electron chi connectivity index (χ4n) is 3.75. The molecular weight excluding hydrogens is 384 g/mol. The van der Waals surface area contributed by atoms with E-state index >= 15 is 0 Å². The predicted molar refractivity (Wildman–Crippen MR) is 113 cm³/mol. The molecule has 1 saturated heterocycles. The number of carbonyl (C=O) groups is 1. The maximum atomic E-state index is 12.8. The van der Waals surface area contributed by atoms with Crippen LogP contribution in [0.3, 0.4) is 0 Å². The van der Waals surface area contributed by atoms with Crippen molar-refractivity contribution < 1.29 is 9.53 Å². The number of benzene rings is 1. The summed E-state index contributed by atoms with van der Waals surface area (Å²) in [4.78, 5) is 29.0. The van der Waals surface area contributed by atoms with Gasteiger partial charge in [-0.1, -0.05) is 18.2 Å². The van der Waals surface area contributed by atoms with Crippen LogP contribution in [0.15, 0.2) is 42.9 Å². The third kappa shape index (κ3) is 4.29. The number of likely N-dealkylation sites (tertiary alicyclic amines) is 1. The third-order valence-corrected chi connectivity index (χ3v) is 6.70. The molecule has 3 heterocycles. The molecule has 29 heavy (non-hydrogen) atoms. The van der Waals surface area contributed by atoms with Crippen LogP contribution in [-0.4, -0.2) is 46.0 Å². The van der Waals surface area contributed by atoms with Gasteiger partial charge in [-0.25, -0.2) is 15.0 Å². The molecule has 0 atom stereocenters. The highest BCUT2D eigenvalue weighted by Gasteiger charge is 2.27. The molecule has 0 bridgehead atoms. The zero-order valence-electron chi connectivity index (χ0n) is 16.7. The maximum absolute atomic E-state index is 12.8. The number of hydrogen-bond acceptors (Lipinski definition) is 6. The molecule has 0 spiro atoms. The van der Waals surface area contributed by atoms with Crippen LogP contribution in [0.1, 0.15) is 35.0 Å². The van der Waals surface area contributed by atoms with E-state index in [0.29, 0.717) is 12.3 Å². The Kier molecular flexibility index (Phi) is 5.85. The van der Waals surface area contributed by atoms with Gasteiger partial charge in [-0.2, -0.15) is 0 Å². The number of methoxy groups -OCH3 is 1. The van der Waals surface area contributed by atoms with Crippen molar-refractivity contribution in [1.82, 2.24) is 19.9 Å². The molecule has 1 aromatic carbocycles. The maximum Gasteiger partial charge on any atom is 0.227 e. The second-order valence-electron chi connectivity index (χ2n) is 7.20. The molecule has 2 aromatic heterocycles. The van der Waals surface area contributed by atoms with Crippen LogP contribution in [0.5, 0.6) is 5.75 Å². The van der Waals surface area contributed by atoms with Gasteiger partial charge in [-0.3, -0.25) is 4.79 Å². The number of para-hydroxylation sites is 1. The number of carbonyl (C=O) groups excluding carboxylic acids is 1. The van der Waals surface area contributed by atoms with Crippen molar-refractivity contribution in [1.29, 1.82) is 0 Å². The number of rotatable bonds is 5. The summed E-state index contributed by atoms with van der Waals surface area (Å²) < 4.78 is 5.37. The van der Waals surface area contributed by atoms with E-state index in [1.807, 2.05) is 42.2 Å². The van der Waals surface area contributed by atoms with Crippen LogP contribution < -0.4 is 4.74 Å². The summed E-state index contributed by atoms with van der Waals surface area (Å²) in [6.45, 7) is 3.56. The van der Waals surface area contributed by atoms with Gasteiger partial charge < -0.3 is 9.64 Å². The fraction of sp³-hybridized carbons (Fsp3) is 0.364. The van der Waals surface area contributed by atoms with Crippen molar-refractivity contribution in [2.24, 2.45) is 0 Å². The topological polar surface area (TPSA) is 68.2 Å². The zero-order chi connectivity index (χ0) is 20.2. The summed E-state index contributed by atoms with van der Waals surface area (Å²) in [5.74, 6) is 1.32. The second-order valence-corrected chi connectivity index (χ2v) is 8.24. The quantitative estimate of drug-likeness (QED) is 0.641. The number of amides is 1. The SMILES string of the molecule is COc1ccccc1CC(=O)N1CCC(c2nc(C)c(-c3ccncn3)s2)CC1. The number of ether oxygens (including phenoxy) is 1. The molecule has 4 rings (SSSR count). The lowest BCUT2D eigenvalue weighted by Gasteiger charge is -2.31. The largest absolute Gasteiger partial charge is 0.496 e. The Labute approximate surface area is 174 Å². The van der Waals surface area contributed by atoms with Gasteiger partial charge in [-0.05, 0) is 31.9 Å². The summed E-state index contributed by atoms with van der Waals surface area (Å²) in [5.41, 5.74) is 2.87. The molecule has 6 nitrogen and oxygen atoms in total. The van der Waals surface area contributed by atoms with Gasteiger partial charge in [0.15, 0.2) is 0 Å². The lowest BCUT2D eigenvalue weighted by atomic mass is 9.97. The highest BCUT2D eigenvalue weighted by atomic mass is 32.1. The van der Waals surface area contributed by atoms with Gasteiger partial charge in [0.05, 0.1) is 34.8 Å². The van der Waals surface area contributed by atoms with E-state index in [4.69, 9.17) is 9.72 Å². The monoisotopic (exact) mass is 408 g/mol. The summed E-state index contributed by atoms with van der Waals surface area (Å²) in [5, 5.41) is 1.15. The minimum atomic E-state index is 0.157. The van der Waals surface area contributed by atoms with Crippen molar-refractivity contribution in [3.63, 3.8) is 0 Å². The molecular formula is C22H24N4O2S. The number of piperidine rings is 1. The molecule has 1 amide bonds. The first-order chi connectivity index (χ1) is 14.2. The fourth-order valence-corrected chi connectivity index (χ4v) is 4.97. The van der Waals surface area contributed by atoms with Crippen molar-refractivity contribution in [3.8, 4) is 16.3 Å². The van der Waals surface area contributed by atoms with Crippen LogP contribution in [0.4, 0.5) is 0 Å². The van der Waals surface area contributed by atoms with Crippen LogP contribution in [0, 0.1) is 6.92 Å². The van der Waals surface area contributed by atoms with Gasteiger partial charge in [0, 0.05) is 30.8 Å². The summed E-state index contributed by atoms with van der Waals surface area (Å²) >= 11 is 1.71. The summed E-state index contributed by atoms with van der Waals surface area (Å²) in [7, 11) is 1.64. The molecule has 0 radical (unpaired) electrons. The van der Waals surface area contributed by atoms with Crippen molar-refractivity contribution in [2.45, 2.75) is 32.1 Å². The Morgan fingerprint density at radius 1 is 1.24 bits per heavy atom. The van der Waals surface area contributed by atoms with Crippen LogP contribution in [-0.2, 0) is 11.2 Å². The Bertz CT molecular complexity index is 981. The van der Waals surface area contributed by atoms with Crippen molar-refractivity contribution in [3.05, 3.63) is 59.1 Å². The number of nitrogens with zero attached hydrogens (tertiary/aromatic N) is 4. The number of aromatic nitrogens is 3. The first kappa shape index (κ1) is 19.5. The van der Waals surface area contributed by atoms with E-state index in [9.17, 15) is 4.79 Å². The number of aryl methyl sites for hydroxylation is 1. The van der Waals surface area contributed by atoms with Crippen LogP contribution in [0.2, 0.25) is 0 Å². The molecule has 150 valence electrons. The Morgan fingerprint density at radius 3 is 2.76 bits per heavy atom. The smallest absolute Gasteiger partial charge is 0.227 e. The summed E-state index contributed by atoms with van der Waals surface area (Å²) in [6, 6.07) is 9.64. The van der Waals surface area contributed by atoms with Crippen LogP contribution >= 0.6 is 11.3 Å². The molecule has 0 saturated carbocycles. The van der Waals surface area contributed by atoms with Gasteiger partial charge in [0.2, 0.25) is 5.91 Å². The predicted octanol–water partition coefficient (Wildman–Crippen LogP) is 3.87.